The molecule has 2 aromatic carbocycles. The molecule has 0 heterocycles. The zero-order valence-electron chi connectivity index (χ0n) is 12.1. The fourth-order valence-corrected chi connectivity index (χ4v) is 2.90. The molecule has 1 heteroatoms. The molecule has 0 aliphatic heterocycles. The quantitative estimate of drug-likeness (QED) is 0.830. The van der Waals surface area contributed by atoms with E-state index in [4.69, 9.17) is 0 Å². The van der Waals surface area contributed by atoms with Gasteiger partial charge >= 0.3 is 0 Å². The standard InChI is InChI=1S/C19H23N/c1-15-12-18(15)13-20-14-19(16-8-4-2-5-9-16)17-10-6-3-7-11-17/h2-11,15,18-20H,12-14H2,1H3. The van der Waals surface area contributed by atoms with Crippen molar-refractivity contribution in [2.24, 2.45) is 11.8 Å². The fourth-order valence-electron chi connectivity index (χ4n) is 2.90. The van der Waals surface area contributed by atoms with E-state index >= 15 is 0 Å². The van der Waals surface area contributed by atoms with Crippen LogP contribution in [-0.2, 0) is 0 Å². The predicted octanol–water partition coefficient (Wildman–Crippen LogP) is 4.06. The van der Waals surface area contributed by atoms with Gasteiger partial charge in [0.05, 0.1) is 0 Å². The maximum absolute atomic E-state index is 3.67. The molecular formula is C19H23N. The van der Waals surface area contributed by atoms with E-state index in [0.29, 0.717) is 5.92 Å². The molecule has 1 saturated carbocycles. The van der Waals surface area contributed by atoms with E-state index in [2.05, 4.69) is 72.9 Å². The van der Waals surface area contributed by atoms with Crippen LogP contribution in [-0.4, -0.2) is 13.1 Å². The highest BCUT2D eigenvalue weighted by Crippen LogP contribution is 2.37. The summed E-state index contributed by atoms with van der Waals surface area (Å²) in [6.07, 6.45) is 1.40. The van der Waals surface area contributed by atoms with E-state index in [1.807, 2.05) is 0 Å². The summed E-state index contributed by atoms with van der Waals surface area (Å²) in [4.78, 5) is 0. The molecule has 1 N–H and O–H groups in total. The van der Waals surface area contributed by atoms with E-state index in [1.54, 1.807) is 0 Å². The van der Waals surface area contributed by atoms with Crippen LogP contribution in [0.4, 0.5) is 0 Å². The van der Waals surface area contributed by atoms with Crippen molar-refractivity contribution < 1.29 is 0 Å². The molecule has 0 aromatic heterocycles. The number of nitrogens with one attached hydrogen (secondary N) is 1. The van der Waals surface area contributed by atoms with Crippen molar-refractivity contribution in [3.63, 3.8) is 0 Å². The van der Waals surface area contributed by atoms with Gasteiger partial charge in [0.15, 0.2) is 0 Å². The lowest BCUT2D eigenvalue weighted by atomic mass is 9.91. The van der Waals surface area contributed by atoms with Crippen molar-refractivity contribution in [1.29, 1.82) is 0 Å². The van der Waals surface area contributed by atoms with Crippen molar-refractivity contribution in [2.45, 2.75) is 19.3 Å². The summed E-state index contributed by atoms with van der Waals surface area (Å²) in [7, 11) is 0. The molecule has 1 aliphatic rings. The smallest absolute Gasteiger partial charge is 0.0214 e. The second-order valence-electron chi connectivity index (χ2n) is 6.01. The lowest BCUT2D eigenvalue weighted by molar-refractivity contribution is 0.584. The Morgan fingerprint density at radius 3 is 1.90 bits per heavy atom. The first kappa shape index (κ1) is 13.4. The molecule has 0 amide bonds. The summed E-state index contributed by atoms with van der Waals surface area (Å²) in [5.74, 6) is 2.28. The van der Waals surface area contributed by atoms with Gasteiger partial charge in [0.2, 0.25) is 0 Å². The minimum Gasteiger partial charge on any atom is -0.316 e. The van der Waals surface area contributed by atoms with Gasteiger partial charge in [-0.2, -0.15) is 0 Å². The Labute approximate surface area is 122 Å². The van der Waals surface area contributed by atoms with Crippen molar-refractivity contribution >= 4 is 0 Å². The molecule has 2 unspecified atom stereocenters. The van der Waals surface area contributed by atoms with Gasteiger partial charge in [0.1, 0.15) is 0 Å². The molecule has 1 nitrogen and oxygen atoms in total. The largest absolute Gasteiger partial charge is 0.316 e. The summed E-state index contributed by atoms with van der Waals surface area (Å²) in [5.41, 5.74) is 2.80. The average molecular weight is 265 g/mol. The van der Waals surface area contributed by atoms with Crippen LogP contribution >= 0.6 is 0 Å². The molecular weight excluding hydrogens is 242 g/mol. The van der Waals surface area contributed by atoms with Gasteiger partial charge in [-0.05, 0) is 35.9 Å². The summed E-state index contributed by atoms with van der Waals surface area (Å²) in [5, 5.41) is 3.67. The maximum atomic E-state index is 3.67. The summed E-state index contributed by atoms with van der Waals surface area (Å²) in [6.45, 7) is 4.53. The highest BCUT2D eigenvalue weighted by Gasteiger charge is 2.31. The van der Waals surface area contributed by atoms with Crippen LogP contribution in [0.15, 0.2) is 60.7 Å². The summed E-state index contributed by atoms with van der Waals surface area (Å²) >= 11 is 0. The van der Waals surface area contributed by atoms with Crippen LogP contribution in [0.3, 0.4) is 0 Å². The molecule has 2 aromatic rings. The van der Waals surface area contributed by atoms with E-state index < -0.39 is 0 Å². The van der Waals surface area contributed by atoms with Gasteiger partial charge in [0, 0.05) is 12.5 Å². The van der Waals surface area contributed by atoms with Crippen molar-refractivity contribution in [2.75, 3.05) is 13.1 Å². The molecule has 0 radical (unpaired) electrons. The number of rotatable bonds is 6. The first-order chi connectivity index (χ1) is 9.84. The highest BCUT2D eigenvalue weighted by atomic mass is 14.9. The minimum atomic E-state index is 0.450. The monoisotopic (exact) mass is 265 g/mol. The lowest BCUT2D eigenvalue weighted by Gasteiger charge is -2.19. The number of hydrogen-bond donors (Lipinski definition) is 1. The third-order valence-corrected chi connectivity index (χ3v) is 4.44. The molecule has 0 bridgehead atoms. The number of hydrogen-bond acceptors (Lipinski definition) is 1. The fraction of sp³-hybridized carbons (Fsp3) is 0.368. The number of benzene rings is 2. The van der Waals surface area contributed by atoms with E-state index in [9.17, 15) is 0 Å². The van der Waals surface area contributed by atoms with Crippen molar-refractivity contribution in [1.82, 2.24) is 5.32 Å². The maximum Gasteiger partial charge on any atom is 0.0214 e. The van der Waals surface area contributed by atoms with Crippen molar-refractivity contribution in [3.05, 3.63) is 71.8 Å². The molecule has 0 spiro atoms. The van der Waals surface area contributed by atoms with E-state index in [-0.39, 0.29) is 0 Å². The summed E-state index contributed by atoms with van der Waals surface area (Å²) < 4.78 is 0. The second kappa shape index (κ2) is 6.23. The first-order valence-corrected chi connectivity index (χ1v) is 7.65. The van der Waals surface area contributed by atoms with Gasteiger partial charge in [-0.15, -0.1) is 0 Å². The van der Waals surface area contributed by atoms with Gasteiger partial charge < -0.3 is 5.32 Å². The zero-order chi connectivity index (χ0) is 13.8. The summed E-state index contributed by atoms with van der Waals surface area (Å²) in [6, 6.07) is 21.6. The van der Waals surface area contributed by atoms with E-state index in [1.165, 1.54) is 17.5 Å². The zero-order valence-corrected chi connectivity index (χ0v) is 12.1. The molecule has 0 saturated heterocycles. The molecule has 2 atom stereocenters. The molecule has 1 aliphatic carbocycles. The van der Waals surface area contributed by atoms with Crippen molar-refractivity contribution in [3.8, 4) is 0 Å². The Bertz CT molecular complexity index is 480. The normalized spacial score (nSPS) is 21.1. The lowest BCUT2D eigenvalue weighted by Crippen LogP contribution is -2.24. The van der Waals surface area contributed by atoms with Crippen LogP contribution in [0.25, 0.3) is 0 Å². The Kier molecular flexibility index (Phi) is 4.17. The van der Waals surface area contributed by atoms with Crippen LogP contribution in [0.2, 0.25) is 0 Å². The van der Waals surface area contributed by atoms with E-state index in [0.717, 1.165) is 24.9 Å². The third kappa shape index (κ3) is 3.29. The Balaban J connectivity index is 1.70. The Hall–Kier alpha value is -1.60. The highest BCUT2D eigenvalue weighted by molar-refractivity contribution is 5.32. The van der Waals surface area contributed by atoms with Gasteiger partial charge in [-0.25, -0.2) is 0 Å². The van der Waals surface area contributed by atoms with Gasteiger partial charge in [-0.1, -0.05) is 67.6 Å². The van der Waals surface area contributed by atoms with Crippen LogP contribution < -0.4 is 5.32 Å². The SMILES string of the molecule is CC1CC1CNCC(c1ccccc1)c1ccccc1. The third-order valence-electron chi connectivity index (χ3n) is 4.44. The molecule has 104 valence electrons. The molecule has 20 heavy (non-hydrogen) atoms. The topological polar surface area (TPSA) is 12.0 Å². The minimum absolute atomic E-state index is 0.450. The molecule has 1 fully saturated rings. The Morgan fingerprint density at radius 1 is 0.950 bits per heavy atom. The van der Waals surface area contributed by atoms with Gasteiger partial charge in [-0.3, -0.25) is 0 Å². The van der Waals surface area contributed by atoms with Crippen LogP contribution in [0.5, 0.6) is 0 Å². The van der Waals surface area contributed by atoms with Gasteiger partial charge in [0.25, 0.3) is 0 Å². The Morgan fingerprint density at radius 2 is 1.45 bits per heavy atom. The average Bonchev–Trinajstić information content (AvgIpc) is 3.21. The molecule has 3 rings (SSSR count). The first-order valence-electron chi connectivity index (χ1n) is 7.65. The second-order valence-corrected chi connectivity index (χ2v) is 6.01. The van der Waals surface area contributed by atoms with Crippen LogP contribution in [0.1, 0.15) is 30.4 Å². The van der Waals surface area contributed by atoms with Crippen LogP contribution in [0, 0.1) is 11.8 Å². The predicted molar refractivity (Wildman–Crippen MR) is 84.9 cm³/mol.